The van der Waals surface area contributed by atoms with Crippen LogP contribution in [0.25, 0.3) is 5.69 Å². The van der Waals surface area contributed by atoms with Gasteiger partial charge in [-0.15, -0.1) is 34.0 Å². The van der Waals surface area contributed by atoms with Crippen LogP contribution >= 0.6 is 45.7 Å². The molecule has 1 saturated heterocycles. The second-order valence-corrected chi connectivity index (χ2v) is 6.30. The lowest BCUT2D eigenvalue weighted by Gasteiger charge is -2.37. The Balaban J connectivity index is 0.000000807. The van der Waals surface area contributed by atoms with Crippen molar-refractivity contribution in [3.8, 4) is 5.69 Å². The Hall–Kier alpha value is -0.500. The molecule has 0 aliphatic carbocycles. The van der Waals surface area contributed by atoms with Crippen LogP contribution in [0.1, 0.15) is 18.5 Å². The van der Waals surface area contributed by atoms with E-state index in [9.17, 15) is 0 Å². The fraction of sp³-hybridized carbons (Fsp3) is 0.357. The van der Waals surface area contributed by atoms with Crippen LogP contribution in [0.4, 0.5) is 5.82 Å². The fourth-order valence-electron chi connectivity index (χ4n) is 3.01. The number of anilines is 1. The average molecular weight is 434 g/mol. The van der Waals surface area contributed by atoms with Crippen LogP contribution in [0.3, 0.4) is 0 Å². The summed E-state index contributed by atoms with van der Waals surface area (Å²) in [4.78, 5) is 4.44. The Morgan fingerprint density at radius 1 is 1.14 bits per heavy atom. The lowest BCUT2D eigenvalue weighted by molar-refractivity contribution is 0.321. The molecule has 2 aliphatic heterocycles. The molecule has 0 saturated carbocycles. The number of fused-ring (bicyclic) bond motifs is 4. The first kappa shape index (κ1) is 16.9. The van der Waals surface area contributed by atoms with Gasteiger partial charge in [0, 0.05) is 18.1 Å². The third kappa shape index (κ3) is 2.76. The number of thioether (sulfide) groups is 1. The molecule has 2 N–H and O–H groups in total. The molecule has 2 aliphatic rings. The van der Waals surface area contributed by atoms with Crippen LogP contribution in [0.15, 0.2) is 36.7 Å². The van der Waals surface area contributed by atoms with E-state index in [1.807, 2.05) is 24.0 Å². The van der Waals surface area contributed by atoms with Gasteiger partial charge in [0.25, 0.3) is 0 Å². The minimum absolute atomic E-state index is 0. The molecule has 0 aromatic carbocycles. The van der Waals surface area contributed by atoms with Gasteiger partial charge in [-0.25, -0.2) is 10.4 Å². The number of hydrazine groups is 1. The van der Waals surface area contributed by atoms with Crippen LogP contribution in [0.5, 0.6) is 0 Å². The van der Waals surface area contributed by atoms with Crippen LogP contribution in [0, 0.1) is 0 Å². The number of nitrogens with one attached hydrogen (secondary N) is 2. The van der Waals surface area contributed by atoms with E-state index in [4.69, 9.17) is 0 Å². The fourth-order valence-corrected chi connectivity index (χ4v) is 4.20. The van der Waals surface area contributed by atoms with Crippen molar-refractivity contribution in [1.29, 1.82) is 0 Å². The molecular weight excluding hydrogens is 416 g/mol. The minimum atomic E-state index is 0. The van der Waals surface area contributed by atoms with Gasteiger partial charge in [0.2, 0.25) is 0 Å². The molecule has 0 unspecified atom stereocenters. The van der Waals surface area contributed by atoms with Crippen molar-refractivity contribution in [3.05, 3.63) is 42.4 Å². The zero-order valence-corrected chi connectivity index (χ0v) is 15.7. The smallest absolute Gasteiger partial charge is 0.164 e. The van der Waals surface area contributed by atoms with Crippen LogP contribution in [-0.2, 0) is 5.54 Å². The lowest BCUT2D eigenvalue weighted by atomic mass is 9.89. The second-order valence-electron chi connectivity index (χ2n) is 5.08. The van der Waals surface area contributed by atoms with Crippen molar-refractivity contribution >= 4 is 51.5 Å². The van der Waals surface area contributed by atoms with Gasteiger partial charge in [0.05, 0.1) is 11.2 Å². The number of nitrogens with zero attached hydrogens (tertiary/aromatic N) is 2. The summed E-state index contributed by atoms with van der Waals surface area (Å²) in [7, 11) is 0. The van der Waals surface area contributed by atoms with Crippen LogP contribution in [0.2, 0.25) is 0 Å². The number of hydrogen-bond acceptors (Lipinski definition) is 4. The molecule has 4 heterocycles. The molecule has 0 amide bonds. The number of hydrogen-bond donors (Lipinski definition) is 2. The second kappa shape index (κ2) is 6.73. The highest BCUT2D eigenvalue weighted by atomic mass is 79.9. The van der Waals surface area contributed by atoms with E-state index in [-0.39, 0.29) is 39.5 Å². The van der Waals surface area contributed by atoms with Gasteiger partial charge in [-0.2, -0.15) is 11.8 Å². The maximum Gasteiger partial charge on any atom is 0.164 e. The van der Waals surface area contributed by atoms with E-state index in [0.717, 1.165) is 24.3 Å². The van der Waals surface area contributed by atoms with E-state index in [0.29, 0.717) is 0 Å². The zero-order valence-electron chi connectivity index (χ0n) is 11.4. The lowest BCUT2D eigenvalue weighted by Crippen LogP contribution is -2.48. The first-order valence-electron chi connectivity index (χ1n) is 6.63. The highest BCUT2D eigenvalue weighted by molar-refractivity contribution is 8.93. The Morgan fingerprint density at radius 3 is 2.76 bits per heavy atom. The summed E-state index contributed by atoms with van der Waals surface area (Å²) in [5, 5.41) is 0. The van der Waals surface area contributed by atoms with Gasteiger partial charge in [0.15, 0.2) is 5.82 Å². The summed E-state index contributed by atoms with van der Waals surface area (Å²) in [6.07, 6.45) is 6.24. The predicted octanol–water partition coefficient (Wildman–Crippen LogP) is 3.68. The maximum atomic E-state index is 4.44. The third-order valence-electron chi connectivity index (χ3n) is 4.05. The number of pyridine rings is 1. The summed E-state index contributed by atoms with van der Waals surface area (Å²) in [6.45, 7) is 0. The van der Waals surface area contributed by atoms with Crippen LogP contribution in [-0.4, -0.2) is 21.1 Å². The van der Waals surface area contributed by atoms with E-state index in [2.05, 4.69) is 44.8 Å². The Bertz CT molecular complexity index is 611. The molecule has 0 atom stereocenters. The van der Waals surface area contributed by atoms with Crippen molar-refractivity contribution < 1.29 is 0 Å². The maximum absolute atomic E-state index is 4.44. The molecule has 1 fully saturated rings. The predicted molar refractivity (Wildman–Crippen MR) is 99.2 cm³/mol. The largest absolute Gasteiger partial charge is 0.316 e. The van der Waals surface area contributed by atoms with Crippen LogP contribution < -0.4 is 10.9 Å². The van der Waals surface area contributed by atoms with E-state index in [1.165, 1.54) is 17.2 Å². The number of halogens is 2. The summed E-state index contributed by atoms with van der Waals surface area (Å²) < 4.78 is 2.27. The van der Waals surface area contributed by atoms with Gasteiger partial charge in [-0.3, -0.25) is 0 Å². The van der Waals surface area contributed by atoms with Gasteiger partial charge < -0.3 is 9.99 Å². The Kier molecular flexibility index (Phi) is 5.40. The van der Waals surface area contributed by atoms with Gasteiger partial charge in [-0.05, 0) is 48.6 Å². The van der Waals surface area contributed by atoms with Gasteiger partial charge >= 0.3 is 0 Å². The van der Waals surface area contributed by atoms with Crippen molar-refractivity contribution in [3.63, 3.8) is 0 Å². The van der Waals surface area contributed by atoms with Crippen molar-refractivity contribution in [2.75, 3.05) is 16.9 Å². The highest BCUT2D eigenvalue weighted by Crippen LogP contribution is 2.39. The minimum Gasteiger partial charge on any atom is -0.316 e. The third-order valence-corrected chi connectivity index (χ3v) is 5.04. The molecule has 2 aromatic heterocycles. The standard InChI is InChI=1S/C14H16N4S.2BrH/c1-3-11-13(15-7-1)16-17-14(5-9-19-10-6-14)12-4-2-8-18(11)12;;/h1-4,7-8,17H,5-6,9-10H2,(H,15,16);2*1H. The topological polar surface area (TPSA) is 41.9 Å². The molecule has 21 heavy (non-hydrogen) atoms. The van der Waals surface area contributed by atoms with E-state index >= 15 is 0 Å². The Morgan fingerprint density at radius 2 is 1.95 bits per heavy atom. The summed E-state index contributed by atoms with van der Waals surface area (Å²) in [5.74, 6) is 3.29. The summed E-state index contributed by atoms with van der Waals surface area (Å²) in [6, 6.07) is 8.45. The average Bonchev–Trinajstić information content (AvgIpc) is 2.92. The molecule has 0 bridgehead atoms. The molecule has 4 rings (SSSR count). The SMILES string of the molecule is Br.Br.c1cnc2c(c1)-n1cccc1C1(CCSCC1)NN2. The van der Waals surface area contributed by atoms with E-state index < -0.39 is 0 Å². The van der Waals surface area contributed by atoms with Crippen molar-refractivity contribution in [2.24, 2.45) is 0 Å². The molecule has 114 valence electrons. The Labute approximate surface area is 149 Å². The normalized spacial score (nSPS) is 18.3. The first-order chi connectivity index (χ1) is 9.39. The van der Waals surface area contributed by atoms with Crippen molar-refractivity contribution in [1.82, 2.24) is 15.0 Å². The molecule has 2 aromatic rings. The van der Waals surface area contributed by atoms with Gasteiger partial charge in [-0.1, -0.05) is 0 Å². The van der Waals surface area contributed by atoms with Gasteiger partial charge in [0.1, 0.15) is 0 Å². The van der Waals surface area contributed by atoms with E-state index in [1.54, 1.807) is 0 Å². The quantitative estimate of drug-likeness (QED) is 0.664. The molecular formula is C14H18Br2N4S. The van der Waals surface area contributed by atoms with Crippen molar-refractivity contribution in [2.45, 2.75) is 18.4 Å². The molecule has 7 heteroatoms. The number of aromatic nitrogens is 2. The molecule has 0 radical (unpaired) electrons. The highest BCUT2D eigenvalue weighted by Gasteiger charge is 2.38. The summed E-state index contributed by atoms with van der Waals surface area (Å²) >= 11 is 2.04. The molecule has 4 nitrogen and oxygen atoms in total. The monoisotopic (exact) mass is 432 g/mol. The first-order valence-corrected chi connectivity index (χ1v) is 7.79. The zero-order chi connectivity index (χ0) is 12.7. The summed E-state index contributed by atoms with van der Waals surface area (Å²) in [5.41, 5.74) is 9.36. The molecule has 1 spiro atoms. The number of rotatable bonds is 0.